The van der Waals surface area contributed by atoms with Crippen molar-refractivity contribution in [3.63, 3.8) is 0 Å². The molecule has 1 fully saturated rings. The zero-order valence-corrected chi connectivity index (χ0v) is 18.1. The Hall–Kier alpha value is -3.95. The average molecular weight is 466 g/mol. The van der Waals surface area contributed by atoms with Gasteiger partial charge >= 0.3 is 6.18 Å². The number of alkyl halides is 3. The number of aromatic nitrogens is 4. The van der Waals surface area contributed by atoms with E-state index in [0.717, 1.165) is 35.7 Å². The van der Waals surface area contributed by atoms with Crippen LogP contribution < -0.4 is 10.2 Å². The van der Waals surface area contributed by atoms with Crippen LogP contribution in [0.1, 0.15) is 12.0 Å². The molecule has 1 saturated heterocycles. The minimum atomic E-state index is -4.44. The highest BCUT2D eigenvalue weighted by molar-refractivity contribution is 5.79. The second-order valence-electron chi connectivity index (χ2n) is 8.14. The van der Waals surface area contributed by atoms with Gasteiger partial charge in [-0.2, -0.15) is 13.2 Å². The van der Waals surface area contributed by atoms with E-state index in [9.17, 15) is 18.0 Å². The fourth-order valence-corrected chi connectivity index (χ4v) is 3.83. The van der Waals surface area contributed by atoms with Crippen molar-refractivity contribution in [2.24, 2.45) is 0 Å². The predicted molar refractivity (Wildman–Crippen MR) is 121 cm³/mol. The molecule has 1 aliphatic rings. The van der Waals surface area contributed by atoms with Gasteiger partial charge in [0.15, 0.2) is 5.82 Å². The third-order valence-corrected chi connectivity index (χ3v) is 5.67. The Balaban J connectivity index is 1.37. The number of pyridine rings is 1. The van der Waals surface area contributed by atoms with Crippen LogP contribution in [0.2, 0.25) is 0 Å². The van der Waals surface area contributed by atoms with Crippen molar-refractivity contribution in [1.29, 1.82) is 0 Å². The van der Waals surface area contributed by atoms with Crippen LogP contribution in [0.25, 0.3) is 28.3 Å². The number of hydrogen-bond donors (Lipinski definition) is 1. The number of imidazole rings is 1. The molecule has 1 aromatic carbocycles. The Labute approximate surface area is 193 Å². The van der Waals surface area contributed by atoms with Crippen LogP contribution >= 0.6 is 0 Å². The number of amides is 1. The molecule has 5 rings (SSSR count). The number of rotatable bonds is 6. The van der Waals surface area contributed by atoms with Crippen molar-refractivity contribution in [3.05, 3.63) is 66.6 Å². The Bertz CT molecular complexity index is 1350. The summed E-state index contributed by atoms with van der Waals surface area (Å²) in [5.41, 5.74) is 3.77. The highest BCUT2D eigenvalue weighted by Crippen LogP contribution is 2.26. The highest BCUT2D eigenvalue weighted by Gasteiger charge is 2.27. The smallest absolute Gasteiger partial charge is 0.356 e. The fraction of sp³-hybridized carbons (Fsp3) is 0.250. The monoisotopic (exact) mass is 466 g/mol. The van der Waals surface area contributed by atoms with Crippen molar-refractivity contribution in [1.82, 2.24) is 24.7 Å². The summed E-state index contributed by atoms with van der Waals surface area (Å²) in [5.74, 6) is 0.859. The number of benzene rings is 1. The van der Waals surface area contributed by atoms with Gasteiger partial charge in [0.1, 0.15) is 18.0 Å². The first-order valence-electron chi connectivity index (χ1n) is 10.8. The molecule has 1 N–H and O–H groups in total. The van der Waals surface area contributed by atoms with Gasteiger partial charge in [-0.15, -0.1) is 0 Å². The predicted octanol–water partition coefficient (Wildman–Crippen LogP) is 3.89. The molecule has 0 bridgehead atoms. The summed E-state index contributed by atoms with van der Waals surface area (Å²) >= 11 is 0. The molecule has 0 atom stereocenters. The maximum absolute atomic E-state index is 12.3. The normalized spacial score (nSPS) is 13.7. The number of carbonyl (C=O) groups excluding carboxylic acids is 1. The summed E-state index contributed by atoms with van der Waals surface area (Å²) in [7, 11) is 0. The first kappa shape index (κ1) is 21.9. The molecule has 0 aliphatic carbocycles. The molecule has 0 spiro atoms. The lowest BCUT2D eigenvalue weighted by atomic mass is 10.1. The number of halogens is 3. The molecule has 0 radical (unpaired) electrons. The Kier molecular flexibility index (Phi) is 5.64. The summed E-state index contributed by atoms with van der Waals surface area (Å²) in [6.07, 6.45) is 1.95. The number of nitrogens with zero attached hydrogens (tertiary/aromatic N) is 5. The largest absolute Gasteiger partial charge is 0.405 e. The van der Waals surface area contributed by atoms with Gasteiger partial charge in [0.25, 0.3) is 0 Å². The van der Waals surface area contributed by atoms with Crippen LogP contribution in [-0.2, 0) is 11.2 Å². The Morgan fingerprint density at radius 3 is 2.68 bits per heavy atom. The van der Waals surface area contributed by atoms with Gasteiger partial charge in [-0.3, -0.25) is 9.20 Å². The lowest BCUT2D eigenvalue weighted by molar-refractivity contribution is -0.138. The molecule has 174 valence electrons. The summed E-state index contributed by atoms with van der Waals surface area (Å²) < 4.78 is 38.9. The van der Waals surface area contributed by atoms with E-state index in [1.807, 2.05) is 40.2 Å². The lowest BCUT2D eigenvalue weighted by Crippen LogP contribution is -2.37. The molecule has 4 aromatic rings. The maximum atomic E-state index is 12.3. The van der Waals surface area contributed by atoms with Gasteiger partial charge < -0.3 is 10.2 Å². The fourth-order valence-electron chi connectivity index (χ4n) is 3.83. The van der Waals surface area contributed by atoms with Gasteiger partial charge in [-0.1, -0.05) is 18.2 Å². The Morgan fingerprint density at radius 1 is 1.06 bits per heavy atom. The molecule has 0 unspecified atom stereocenters. The summed E-state index contributed by atoms with van der Waals surface area (Å²) in [6, 6.07) is 12.9. The van der Waals surface area contributed by atoms with E-state index in [1.54, 1.807) is 30.6 Å². The molecule has 4 heterocycles. The molecule has 10 heteroatoms. The van der Waals surface area contributed by atoms with Crippen molar-refractivity contribution in [3.8, 4) is 22.6 Å². The van der Waals surface area contributed by atoms with E-state index in [-0.39, 0.29) is 6.42 Å². The molecule has 34 heavy (non-hydrogen) atoms. The van der Waals surface area contributed by atoms with Gasteiger partial charge in [0, 0.05) is 36.6 Å². The highest BCUT2D eigenvalue weighted by atomic mass is 19.4. The lowest BCUT2D eigenvalue weighted by Gasteiger charge is -2.31. The quantitative estimate of drug-likeness (QED) is 0.467. The number of carbonyl (C=O) groups is 1. The molecule has 1 amide bonds. The second-order valence-corrected chi connectivity index (χ2v) is 8.14. The first-order valence-corrected chi connectivity index (χ1v) is 10.8. The van der Waals surface area contributed by atoms with Crippen LogP contribution in [-0.4, -0.2) is 51.1 Å². The van der Waals surface area contributed by atoms with Crippen LogP contribution in [0.4, 0.5) is 19.0 Å². The van der Waals surface area contributed by atoms with Gasteiger partial charge in [-0.05, 0) is 36.2 Å². The molecule has 7 nitrogen and oxygen atoms in total. The number of anilines is 1. The molecule has 1 aliphatic heterocycles. The van der Waals surface area contributed by atoms with Crippen LogP contribution in [0.5, 0.6) is 0 Å². The minimum Gasteiger partial charge on any atom is -0.356 e. The van der Waals surface area contributed by atoms with Crippen molar-refractivity contribution in [2.45, 2.75) is 19.0 Å². The van der Waals surface area contributed by atoms with E-state index in [0.29, 0.717) is 17.0 Å². The standard InChI is InChI=1S/C24H21F3N6O/c25-24(26,27)15-30-22(34)12-16-3-1-4-17(11-16)19-14-29-21-13-18(6-10-33(19)21)23-28-7-5-20(31-23)32-8-2-9-32/h1,3-7,10-11,13-14H,2,8-9,12,15H2,(H,30,34). The minimum absolute atomic E-state index is 0.143. The summed E-state index contributed by atoms with van der Waals surface area (Å²) in [6.45, 7) is 0.663. The first-order chi connectivity index (χ1) is 16.4. The van der Waals surface area contributed by atoms with Crippen LogP contribution in [0.15, 0.2) is 61.1 Å². The van der Waals surface area contributed by atoms with E-state index >= 15 is 0 Å². The Morgan fingerprint density at radius 2 is 1.91 bits per heavy atom. The van der Waals surface area contributed by atoms with Crippen LogP contribution in [0, 0.1) is 0 Å². The van der Waals surface area contributed by atoms with Gasteiger partial charge in [0.05, 0.1) is 18.3 Å². The molecule has 0 saturated carbocycles. The van der Waals surface area contributed by atoms with Gasteiger partial charge in [-0.25, -0.2) is 15.0 Å². The van der Waals surface area contributed by atoms with Crippen molar-refractivity contribution >= 4 is 17.4 Å². The zero-order valence-electron chi connectivity index (χ0n) is 18.1. The number of fused-ring (bicyclic) bond motifs is 1. The number of nitrogens with one attached hydrogen (secondary N) is 1. The summed E-state index contributed by atoms with van der Waals surface area (Å²) in [4.78, 5) is 27.7. The molecular formula is C24H21F3N6O. The van der Waals surface area contributed by atoms with E-state index < -0.39 is 18.6 Å². The van der Waals surface area contributed by atoms with E-state index in [4.69, 9.17) is 0 Å². The van der Waals surface area contributed by atoms with Crippen LogP contribution in [0.3, 0.4) is 0 Å². The third kappa shape index (κ3) is 4.70. The van der Waals surface area contributed by atoms with Gasteiger partial charge in [0.2, 0.25) is 5.91 Å². The topological polar surface area (TPSA) is 75.4 Å². The third-order valence-electron chi connectivity index (χ3n) is 5.67. The second kappa shape index (κ2) is 8.77. The molecule has 3 aromatic heterocycles. The van der Waals surface area contributed by atoms with E-state index in [1.165, 1.54) is 6.42 Å². The van der Waals surface area contributed by atoms with Crippen molar-refractivity contribution < 1.29 is 18.0 Å². The van der Waals surface area contributed by atoms with E-state index in [2.05, 4.69) is 19.9 Å². The zero-order chi connectivity index (χ0) is 23.7. The average Bonchev–Trinajstić information content (AvgIpc) is 3.20. The SMILES string of the molecule is O=C(Cc1cccc(-c2cnc3cc(-c4nccc(N5CCC5)n4)ccn23)c1)NCC(F)(F)F. The summed E-state index contributed by atoms with van der Waals surface area (Å²) in [5, 5.41) is 1.90. The van der Waals surface area contributed by atoms with Crippen molar-refractivity contribution in [2.75, 3.05) is 24.5 Å². The maximum Gasteiger partial charge on any atom is 0.405 e. The number of hydrogen-bond acceptors (Lipinski definition) is 5. The molecular weight excluding hydrogens is 445 g/mol.